The Kier molecular flexibility index (Phi) is 4.95. The number of halogens is 1. The summed E-state index contributed by atoms with van der Waals surface area (Å²) in [6.45, 7) is 2.03. The van der Waals surface area contributed by atoms with E-state index < -0.39 is 0 Å². The predicted octanol–water partition coefficient (Wildman–Crippen LogP) is 3.29. The standard InChI is InChI=1S/C19H19ClN2O3/c1-13(23)22(15-7-8-18(25-2)16(20)11-15)12-19(24)21-10-9-14-5-3-4-6-17(14)21/h3-8,11H,9-10,12H2,1-2H3. The van der Waals surface area contributed by atoms with E-state index >= 15 is 0 Å². The molecule has 1 heterocycles. The normalized spacial score (nSPS) is 12.7. The fourth-order valence-electron chi connectivity index (χ4n) is 3.03. The summed E-state index contributed by atoms with van der Waals surface area (Å²) in [4.78, 5) is 28.0. The number of methoxy groups -OCH3 is 1. The summed E-state index contributed by atoms with van der Waals surface area (Å²) in [5.41, 5.74) is 2.64. The van der Waals surface area contributed by atoms with Crippen molar-refractivity contribution in [3.8, 4) is 5.75 Å². The minimum atomic E-state index is -0.220. The molecule has 0 aromatic heterocycles. The van der Waals surface area contributed by atoms with E-state index in [2.05, 4.69) is 0 Å². The maximum atomic E-state index is 12.8. The third kappa shape index (κ3) is 3.46. The lowest BCUT2D eigenvalue weighted by Gasteiger charge is -2.25. The Morgan fingerprint density at radius 3 is 2.68 bits per heavy atom. The van der Waals surface area contributed by atoms with Crippen LogP contribution in [-0.2, 0) is 16.0 Å². The number of hydrogen-bond donors (Lipinski definition) is 0. The average Bonchev–Trinajstić information content (AvgIpc) is 3.03. The number of benzene rings is 2. The number of anilines is 2. The van der Waals surface area contributed by atoms with Crippen molar-refractivity contribution in [2.45, 2.75) is 13.3 Å². The predicted molar refractivity (Wildman–Crippen MR) is 98.5 cm³/mol. The van der Waals surface area contributed by atoms with Crippen LogP contribution in [0.5, 0.6) is 5.75 Å². The third-order valence-corrected chi connectivity index (χ3v) is 4.60. The Morgan fingerprint density at radius 2 is 2.00 bits per heavy atom. The molecule has 0 atom stereocenters. The Balaban J connectivity index is 1.82. The molecule has 0 unspecified atom stereocenters. The number of para-hydroxylation sites is 1. The van der Waals surface area contributed by atoms with Crippen LogP contribution in [0.3, 0.4) is 0 Å². The second-order valence-corrected chi connectivity index (χ2v) is 6.26. The van der Waals surface area contributed by atoms with Gasteiger partial charge < -0.3 is 14.5 Å². The molecule has 0 fully saturated rings. The second-order valence-electron chi connectivity index (χ2n) is 5.85. The zero-order valence-corrected chi connectivity index (χ0v) is 14.9. The summed E-state index contributed by atoms with van der Waals surface area (Å²) in [6, 6.07) is 12.9. The Morgan fingerprint density at radius 1 is 1.24 bits per heavy atom. The van der Waals surface area contributed by atoms with Gasteiger partial charge in [-0.05, 0) is 36.2 Å². The van der Waals surface area contributed by atoms with Crippen molar-refractivity contribution in [1.82, 2.24) is 0 Å². The van der Waals surface area contributed by atoms with Gasteiger partial charge in [-0.3, -0.25) is 9.59 Å². The maximum absolute atomic E-state index is 12.8. The molecule has 2 aromatic rings. The molecule has 25 heavy (non-hydrogen) atoms. The molecule has 130 valence electrons. The SMILES string of the molecule is COc1ccc(N(CC(=O)N2CCc3ccccc32)C(C)=O)cc1Cl. The Hall–Kier alpha value is -2.53. The molecule has 2 aromatic carbocycles. The largest absolute Gasteiger partial charge is 0.495 e. The van der Waals surface area contributed by atoms with E-state index in [1.807, 2.05) is 24.3 Å². The van der Waals surface area contributed by atoms with E-state index in [1.165, 1.54) is 18.9 Å². The highest BCUT2D eigenvalue weighted by molar-refractivity contribution is 6.32. The van der Waals surface area contributed by atoms with Crippen LogP contribution < -0.4 is 14.5 Å². The summed E-state index contributed by atoms with van der Waals surface area (Å²) in [5.74, 6) is 0.183. The summed E-state index contributed by atoms with van der Waals surface area (Å²) >= 11 is 6.15. The fourth-order valence-corrected chi connectivity index (χ4v) is 3.28. The number of carbonyl (C=O) groups excluding carboxylic acids is 2. The van der Waals surface area contributed by atoms with Crippen molar-refractivity contribution in [3.63, 3.8) is 0 Å². The van der Waals surface area contributed by atoms with Gasteiger partial charge in [-0.1, -0.05) is 29.8 Å². The van der Waals surface area contributed by atoms with Gasteiger partial charge in [0.15, 0.2) is 0 Å². The van der Waals surface area contributed by atoms with Crippen LogP contribution >= 0.6 is 11.6 Å². The maximum Gasteiger partial charge on any atom is 0.247 e. The summed E-state index contributed by atoms with van der Waals surface area (Å²) in [7, 11) is 1.53. The number of carbonyl (C=O) groups is 2. The van der Waals surface area contributed by atoms with Gasteiger partial charge in [0.05, 0.1) is 12.1 Å². The highest BCUT2D eigenvalue weighted by atomic mass is 35.5. The molecule has 0 bridgehead atoms. The molecule has 0 spiro atoms. The first-order chi connectivity index (χ1) is 12.0. The molecule has 3 rings (SSSR count). The Labute approximate surface area is 151 Å². The molecular weight excluding hydrogens is 340 g/mol. The molecule has 0 saturated heterocycles. The van der Waals surface area contributed by atoms with Gasteiger partial charge in [0.25, 0.3) is 0 Å². The van der Waals surface area contributed by atoms with Crippen LogP contribution in [0.25, 0.3) is 0 Å². The monoisotopic (exact) mass is 358 g/mol. The highest BCUT2D eigenvalue weighted by Gasteiger charge is 2.27. The van der Waals surface area contributed by atoms with E-state index in [-0.39, 0.29) is 18.4 Å². The van der Waals surface area contributed by atoms with Gasteiger partial charge in [-0.25, -0.2) is 0 Å². The number of fused-ring (bicyclic) bond motifs is 1. The van der Waals surface area contributed by atoms with E-state index in [0.717, 1.165) is 17.7 Å². The number of nitrogens with zero attached hydrogens (tertiary/aromatic N) is 2. The van der Waals surface area contributed by atoms with E-state index in [9.17, 15) is 9.59 Å². The molecule has 1 aliphatic heterocycles. The molecule has 0 radical (unpaired) electrons. The molecule has 0 saturated carbocycles. The van der Waals surface area contributed by atoms with Gasteiger partial charge in [-0.15, -0.1) is 0 Å². The van der Waals surface area contributed by atoms with E-state index in [0.29, 0.717) is 23.0 Å². The molecule has 0 N–H and O–H groups in total. The topological polar surface area (TPSA) is 49.9 Å². The number of rotatable bonds is 4. The van der Waals surface area contributed by atoms with E-state index in [4.69, 9.17) is 16.3 Å². The van der Waals surface area contributed by atoms with Crippen molar-refractivity contribution in [2.75, 3.05) is 30.0 Å². The number of amides is 2. The van der Waals surface area contributed by atoms with Gasteiger partial charge in [0.1, 0.15) is 12.3 Å². The van der Waals surface area contributed by atoms with Crippen molar-refractivity contribution in [1.29, 1.82) is 0 Å². The first kappa shape index (κ1) is 17.3. The van der Waals surface area contributed by atoms with Crippen molar-refractivity contribution >= 4 is 34.8 Å². The summed E-state index contributed by atoms with van der Waals surface area (Å²) in [5, 5.41) is 0.394. The van der Waals surface area contributed by atoms with Gasteiger partial charge in [0, 0.05) is 24.8 Å². The van der Waals surface area contributed by atoms with Crippen LogP contribution in [0.4, 0.5) is 11.4 Å². The zero-order valence-electron chi connectivity index (χ0n) is 14.2. The Bertz CT molecular complexity index is 822. The van der Waals surface area contributed by atoms with Crippen LogP contribution in [0, 0.1) is 0 Å². The minimum absolute atomic E-state index is 0.0354. The van der Waals surface area contributed by atoms with Gasteiger partial charge >= 0.3 is 0 Å². The lowest BCUT2D eigenvalue weighted by Crippen LogP contribution is -2.41. The molecular formula is C19H19ClN2O3. The quantitative estimate of drug-likeness (QED) is 0.842. The highest BCUT2D eigenvalue weighted by Crippen LogP contribution is 2.30. The van der Waals surface area contributed by atoms with Crippen LogP contribution in [0.2, 0.25) is 5.02 Å². The van der Waals surface area contributed by atoms with Crippen molar-refractivity contribution in [3.05, 3.63) is 53.1 Å². The minimum Gasteiger partial charge on any atom is -0.495 e. The third-order valence-electron chi connectivity index (χ3n) is 4.31. The fraction of sp³-hybridized carbons (Fsp3) is 0.263. The summed E-state index contributed by atoms with van der Waals surface area (Å²) in [6.07, 6.45) is 0.830. The number of ether oxygens (including phenoxy) is 1. The molecule has 1 aliphatic rings. The lowest BCUT2D eigenvalue weighted by atomic mass is 10.2. The number of hydrogen-bond acceptors (Lipinski definition) is 3. The molecule has 0 aliphatic carbocycles. The van der Waals surface area contributed by atoms with Gasteiger partial charge in [0.2, 0.25) is 11.8 Å². The summed E-state index contributed by atoms with van der Waals surface area (Å²) < 4.78 is 5.13. The van der Waals surface area contributed by atoms with Crippen LogP contribution in [0.1, 0.15) is 12.5 Å². The second kappa shape index (κ2) is 7.15. The van der Waals surface area contributed by atoms with E-state index in [1.54, 1.807) is 23.1 Å². The molecule has 6 heteroatoms. The lowest BCUT2D eigenvalue weighted by molar-refractivity contribution is -0.121. The average molecular weight is 359 g/mol. The smallest absolute Gasteiger partial charge is 0.247 e. The molecule has 5 nitrogen and oxygen atoms in total. The van der Waals surface area contributed by atoms with Crippen LogP contribution in [0.15, 0.2) is 42.5 Å². The van der Waals surface area contributed by atoms with Gasteiger partial charge in [-0.2, -0.15) is 0 Å². The molecule has 2 amide bonds. The first-order valence-electron chi connectivity index (χ1n) is 8.01. The van der Waals surface area contributed by atoms with Crippen LogP contribution in [-0.4, -0.2) is 32.0 Å². The van der Waals surface area contributed by atoms with Crippen molar-refractivity contribution < 1.29 is 14.3 Å². The first-order valence-corrected chi connectivity index (χ1v) is 8.39. The zero-order chi connectivity index (χ0) is 18.0. The van der Waals surface area contributed by atoms with Crippen molar-refractivity contribution in [2.24, 2.45) is 0 Å².